The molecule has 2 aromatic rings. The third-order valence-electron chi connectivity index (χ3n) is 4.20. The maximum Gasteiger partial charge on any atom is 0.258 e. The van der Waals surface area contributed by atoms with Crippen molar-refractivity contribution in [2.75, 3.05) is 0 Å². The molecule has 30 heavy (non-hydrogen) atoms. The van der Waals surface area contributed by atoms with Gasteiger partial charge in [0.15, 0.2) is 5.96 Å². The number of hydrogen-bond acceptors (Lipinski definition) is 4. The van der Waals surface area contributed by atoms with Crippen molar-refractivity contribution in [2.45, 2.75) is 51.9 Å². The summed E-state index contributed by atoms with van der Waals surface area (Å²) in [5, 5.41) is 5.71. The van der Waals surface area contributed by atoms with Crippen LogP contribution in [0.1, 0.15) is 54.7 Å². The Labute approximate surface area is 181 Å². The van der Waals surface area contributed by atoms with Gasteiger partial charge in [-0.2, -0.15) is 0 Å². The predicted molar refractivity (Wildman–Crippen MR) is 120 cm³/mol. The second-order valence-corrected chi connectivity index (χ2v) is 8.66. The molecule has 2 atom stereocenters. The highest BCUT2D eigenvalue weighted by molar-refractivity contribution is 6.30. The number of rotatable bonds is 5. The van der Waals surface area contributed by atoms with Crippen LogP contribution in [0.2, 0.25) is 5.02 Å². The van der Waals surface area contributed by atoms with Crippen molar-refractivity contribution in [1.82, 2.24) is 10.6 Å². The average Bonchev–Trinajstić information content (AvgIpc) is 2.62. The number of aryl methyl sites for hydroxylation is 1. The molecule has 0 saturated carbocycles. The van der Waals surface area contributed by atoms with E-state index in [0.29, 0.717) is 6.42 Å². The summed E-state index contributed by atoms with van der Waals surface area (Å²) < 4.78 is 13.7. The highest BCUT2D eigenvalue weighted by Crippen LogP contribution is 2.17. The second kappa shape index (κ2) is 10.0. The molecule has 0 radical (unpaired) electrons. The van der Waals surface area contributed by atoms with E-state index in [1.165, 1.54) is 12.1 Å². The van der Waals surface area contributed by atoms with Crippen LogP contribution in [0.3, 0.4) is 0 Å². The SMILES string of the molecule is Cc1ccc(C(N)CC(N)N=C(NC(=O)c2ccc(Cl)c(F)c2)NC(C)(C)C)cc1. The summed E-state index contributed by atoms with van der Waals surface area (Å²) >= 11 is 5.68. The van der Waals surface area contributed by atoms with E-state index in [9.17, 15) is 9.18 Å². The van der Waals surface area contributed by atoms with Gasteiger partial charge in [-0.3, -0.25) is 10.1 Å². The Kier molecular flexibility index (Phi) is 7.95. The number of halogens is 2. The first-order chi connectivity index (χ1) is 13.9. The fourth-order valence-electron chi connectivity index (χ4n) is 2.70. The Morgan fingerprint density at radius 3 is 2.37 bits per heavy atom. The first kappa shape index (κ1) is 23.8. The lowest BCUT2D eigenvalue weighted by Gasteiger charge is -2.25. The first-order valence-electron chi connectivity index (χ1n) is 9.65. The number of nitrogens with two attached hydrogens (primary N) is 2. The van der Waals surface area contributed by atoms with Crippen LogP contribution in [-0.4, -0.2) is 23.6 Å². The van der Waals surface area contributed by atoms with Gasteiger partial charge >= 0.3 is 0 Å². The Hall–Kier alpha value is -2.48. The van der Waals surface area contributed by atoms with Crippen LogP contribution in [0.4, 0.5) is 4.39 Å². The molecule has 6 N–H and O–H groups in total. The summed E-state index contributed by atoms with van der Waals surface area (Å²) in [5.74, 6) is -1.02. The predicted octanol–water partition coefficient (Wildman–Crippen LogP) is 3.64. The fourth-order valence-corrected chi connectivity index (χ4v) is 2.81. The maximum absolute atomic E-state index is 13.7. The molecule has 2 aromatic carbocycles. The van der Waals surface area contributed by atoms with E-state index in [4.69, 9.17) is 23.1 Å². The average molecular weight is 434 g/mol. The molecule has 0 bridgehead atoms. The molecule has 2 unspecified atom stereocenters. The topological polar surface area (TPSA) is 106 Å². The van der Waals surface area contributed by atoms with Crippen LogP contribution >= 0.6 is 11.6 Å². The van der Waals surface area contributed by atoms with Gasteiger partial charge < -0.3 is 16.8 Å². The smallest absolute Gasteiger partial charge is 0.258 e. The number of aliphatic imine (C=N–C) groups is 1. The Morgan fingerprint density at radius 2 is 1.80 bits per heavy atom. The van der Waals surface area contributed by atoms with Crippen LogP contribution in [0.5, 0.6) is 0 Å². The fraction of sp³-hybridized carbons (Fsp3) is 0.364. The van der Waals surface area contributed by atoms with E-state index in [1.807, 2.05) is 52.0 Å². The molecule has 0 aliphatic carbocycles. The van der Waals surface area contributed by atoms with E-state index in [2.05, 4.69) is 15.6 Å². The molecule has 162 valence electrons. The number of benzene rings is 2. The second-order valence-electron chi connectivity index (χ2n) is 8.26. The van der Waals surface area contributed by atoms with Gasteiger partial charge in [-0.1, -0.05) is 41.4 Å². The molecule has 8 heteroatoms. The Morgan fingerprint density at radius 1 is 1.17 bits per heavy atom. The summed E-state index contributed by atoms with van der Waals surface area (Å²) in [6.07, 6.45) is -0.280. The third-order valence-corrected chi connectivity index (χ3v) is 4.51. The molecule has 0 fully saturated rings. The van der Waals surface area contributed by atoms with Crippen LogP contribution in [0.25, 0.3) is 0 Å². The summed E-state index contributed by atoms with van der Waals surface area (Å²) in [7, 11) is 0. The summed E-state index contributed by atoms with van der Waals surface area (Å²) in [6, 6.07) is 11.4. The number of guanidine groups is 1. The van der Waals surface area contributed by atoms with Gasteiger partial charge in [0.05, 0.1) is 5.02 Å². The van der Waals surface area contributed by atoms with Crippen LogP contribution in [0.15, 0.2) is 47.5 Å². The zero-order valence-corrected chi connectivity index (χ0v) is 18.4. The van der Waals surface area contributed by atoms with Gasteiger partial charge in [0.25, 0.3) is 5.91 Å². The van der Waals surface area contributed by atoms with Gasteiger partial charge in [-0.15, -0.1) is 0 Å². The molecular formula is C22H29ClFN5O. The summed E-state index contributed by atoms with van der Waals surface area (Å²) in [6.45, 7) is 7.76. The number of nitrogens with zero attached hydrogens (tertiary/aromatic N) is 1. The van der Waals surface area contributed by atoms with Crippen molar-refractivity contribution in [3.8, 4) is 0 Å². The molecule has 0 aromatic heterocycles. The monoisotopic (exact) mass is 433 g/mol. The lowest BCUT2D eigenvalue weighted by atomic mass is 10.0. The number of nitrogens with one attached hydrogen (secondary N) is 2. The van der Waals surface area contributed by atoms with Gasteiger partial charge in [0.1, 0.15) is 12.0 Å². The molecule has 0 aliphatic rings. The first-order valence-corrected chi connectivity index (χ1v) is 10.0. The van der Waals surface area contributed by atoms with E-state index in [0.717, 1.165) is 17.2 Å². The van der Waals surface area contributed by atoms with Crippen molar-refractivity contribution in [1.29, 1.82) is 0 Å². The minimum atomic E-state index is -0.674. The van der Waals surface area contributed by atoms with E-state index in [-0.39, 0.29) is 22.6 Å². The normalized spacial score (nSPS) is 14.2. The molecule has 0 spiro atoms. The standard InChI is InChI=1S/C22H29ClFN5O/c1-13-5-7-14(8-6-13)18(25)12-19(26)27-21(29-22(2,3)4)28-20(30)15-9-10-16(23)17(24)11-15/h5-11,18-19H,12,25-26H2,1-4H3,(H2,27,28,29,30). The lowest BCUT2D eigenvalue weighted by molar-refractivity contribution is 0.0974. The summed E-state index contributed by atoms with van der Waals surface area (Å²) in [5.41, 5.74) is 14.3. The van der Waals surface area contributed by atoms with E-state index < -0.39 is 23.4 Å². The molecule has 0 aliphatic heterocycles. The van der Waals surface area contributed by atoms with Gasteiger partial charge in [-0.25, -0.2) is 9.38 Å². The van der Waals surface area contributed by atoms with Crippen LogP contribution in [0, 0.1) is 12.7 Å². The van der Waals surface area contributed by atoms with Gasteiger partial charge in [0, 0.05) is 23.6 Å². The summed E-state index contributed by atoms with van der Waals surface area (Å²) in [4.78, 5) is 17.0. The van der Waals surface area contributed by atoms with Crippen molar-refractivity contribution in [3.63, 3.8) is 0 Å². The zero-order valence-electron chi connectivity index (χ0n) is 17.7. The van der Waals surface area contributed by atoms with E-state index in [1.54, 1.807) is 0 Å². The van der Waals surface area contributed by atoms with Crippen LogP contribution < -0.4 is 22.1 Å². The third kappa shape index (κ3) is 7.40. The zero-order chi connectivity index (χ0) is 22.5. The van der Waals surface area contributed by atoms with Gasteiger partial charge in [-0.05, 0) is 51.5 Å². The number of hydrogen-bond donors (Lipinski definition) is 4. The van der Waals surface area contributed by atoms with Crippen molar-refractivity contribution in [3.05, 3.63) is 70.0 Å². The molecular weight excluding hydrogens is 405 g/mol. The highest BCUT2D eigenvalue weighted by atomic mass is 35.5. The van der Waals surface area contributed by atoms with E-state index >= 15 is 0 Å². The number of amides is 1. The maximum atomic E-state index is 13.7. The highest BCUT2D eigenvalue weighted by Gasteiger charge is 2.18. The molecule has 1 amide bonds. The Balaban J connectivity index is 2.15. The van der Waals surface area contributed by atoms with Gasteiger partial charge in [0.2, 0.25) is 0 Å². The largest absolute Gasteiger partial charge is 0.351 e. The molecule has 0 heterocycles. The number of carbonyl (C=O) groups is 1. The number of carbonyl (C=O) groups excluding carboxylic acids is 1. The minimum absolute atomic E-state index is 0.0552. The van der Waals surface area contributed by atoms with Crippen molar-refractivity contribution in [2.24, 2.45) is 16.5 Å². The quantitative estimate of drug-likeness (QED) is 0.426. The minimum Gasteiger partial charge on any atom is -0.351 e. The lowest BCUT2D eigenvalue weighted by Crippen LogP contribution is -2.50. The molecule has 2 rings (SSSR count). The Bertz CT molecular complexity index is 909. The van der Waals surface area contributed by atoms with Crippen LogP contribution in [-0.2, 0) is 0 Å². The molecule has 0 saturated heterocycles. The van der Waals surface area contributed by atoms with Crippen molar-refractivity contribution < 1.29 is 9.18 Å². The molecule has 6 nitrogen and oxygen atoms in total. The van der Waals surface area contributed by atoms with Crippen molar-refractivity contribution >= 4 is 23.5 Å².